The largest absolute Gasteiger partial charge is 0.472 e. The van der Waals surface area contributed by atoms with Gasteiger partial charge in [0.05, 0.1) is 26.4 Å². The maximum absolute atomic E-state index is 13.0. The maximum Gasteiger partial charge on any atom is 0.472 e. The third-order valence-electron chi connectivity index (χ3n) is 14.7. The van der Waals surface area contributed by atoms with Crippen molar-refractivity contribution in [2.75, 3.05) is 39.6 Å². The van der Waals surface area contributed by atoms with Gasteiger partial charge in [0.1, 0.15) is 19.3 Å². The molecular weight excluding hydrogens is 1100 g/mol. The Morgan fingerprint density at radius 1 is 0.325 bits per heavy atom. The molecule has 2 unspecified atom stereocenters. The minimum absolute atomic E-state index is 0.103. The second-order valence-corrected chi connectivity index (χ2v) is 27.0. The van der Waals surface area contributed by atoms with Crippen LogP contribution in [0.1, 0.15) is 318 Å². The molecule has 0 spiro atoms. The first-order valence-corrected chi connectivity index (χ1v) is 36.5. The summed E-state index contributed by atoms with van der Waals surface area (Å²) in [7, 11) is -9.89. The summed E-state index contributed by atoms with van der Waals surface area (Å²) in [5, 5.41) is 10.5. The van der Waals surface area contributed by atoms with E-state index in [4.69, 9.17) is 37.0 Å². The highest BCUT2D eigenvalue weighted by Gasteiger charge is 2.30. The predicted octanol–water partition coefficient (Wildman–Crippen LogP) is 17.7. The molecule has 0 aliphatic carbocycles. The van der Waals surface area contributed by atoms with Crippen molar-refractivity contribution >= 4 is 39.5 Å². The number of unbranched alkanes of at least 4 members (excludes halogenated alkanes) is 33. The number of carbonyl (C=O) groups is 4. The summed E-state index contributed by atoms with van der Waals surface area (Å²) >= 11 is 0. The lowest BCUT2D eigenvalue weighted by atomic mass is 10.0. The number of rotatable bonds is 63. The molecule has 0 radical (unpaired) electrons. The van der Waals surface area contributed by atoms with E-state index < -0.39 is 97.5 Å². The summed E-state index contributed by atoms with van der Waals surface area (Å²) in [4.78, 5) is 72.2. The molecule has 0 aromatic carbocycles. The number of hydrogen-bond donors (Lipinski definition) is 3. The molecule has 0 aromatic rings. The molecule has 492 valence electrons. The van der Waals surface area contributed by atoms with Crippen LogP contribution < -0.4 is 0 Å². The summed E-state index contributed by atoms with van der Waals surface area (Å²) in [5.74, 6) is -0.703. The second kappa shape index (κ2) is 56.6. The quantitative estimate of drug-likeness (QED) is 0.0222. The Bertz CT molecular complexity index is 1630. The Morgan fingerprint density at radius 3 is 0.819 bits per heavy atom. The number of aliphatic hydroxyl groups excluding tert-OH is 1. The Morgan fingerprint density at radius 2 is 0.554 bits per heavy atom. The van der Waals surface area contributed by atoms with Gasteiger partial charge in [-0.1, -0.05) is 266 Å². The first-order valence-electron chi connectivity index (χ1n) is 33.5. The molecule has 0 aliphatic heterocycles. The van der Waals surface area contributed by atoms with Crippen LogP contribution in [0, 0.1) is 11.8 Å². The normalized spacial score (nSPS) is 14.3. The van der Waals surface area contributed by atoms with Crippen molar-refractivity contribution < 1.29 is 80.2 Å². The molecule has 0 amide bonds. The molecule has 19 heteroatoms. The number of esters is 4. The Labute approximate surface area is 505 Å². The molecular formula is C64H124O17P2. The van der Waals surface area contributed by atoms with Crippen LogP contribution in [-0.4, -0.2) is 96.7 Å². The van der Waals surface area contributed by atoms with Gasteiger partial charge in [0.15, 0.2) is 12.2 Å². The third kappa shape index (κ3) is 58.8. The van der Waals surface area contributed by atoms with Crippen molar-refractivity contribution in [2.24, 2.45) is 11.8 Å². The summed E-state index contributed by atoms with van der Waals surface area (Å²) in [6.45, 7) is 9.40. The Balaban J connectivity index is 5.24. The Kier molecular flexibility index (Phi) is 55.2. The van der Waals surface area contributed by atoms with Gasteiger partial charge < -0.3 is 33.8 Å². The number of phosphoric acid groups is 2. The van der Waals surface area contributed by atoms with Gasteiger partial charge in [0.2, 0.25) is 0 Å². The first-order chi connectivity index (χ1) is 39.9. The molecule has 0 saturated carbocycles. The zero-order valence-corrected chi connectivity index (χ0v) is 55.3. The summed E-state index contributed by atoms with van der Waals surface area (Å²) in [6, 6.07) is 0. The van der Waals surface area contributed by atoms with Gasteiger partial charge in [-0.25, -0.2) is 9.13 Å². The van der Waals surface area contributed by atoms with Gasteiger partial charge in [0.25, 0.3) is 0 Å². The van der Waals surface area contributed by atoms with Crippen molar-refractivity contribution in [3.05, 3.63) is 0 Å². The van der Waals surface area contributed by atoms with E-state index in [0.29, 0.717) is 31.6 Å². The lowest BCUT2D eigenvalue weighted by Gasteiger charge is -2.21. The molecule has 0 rings (SSSR count). The summed E-state index contributed by atoms with van der Waals surface area (Å²) < 4.78 is 68.0. The van der Waals surface area contributed by atoms with E-state index in [1.165, 1.54) is 135 Å². The fourth-order valence-electron chi connectivity index (χ4n) is 9.53. The highest BCUT2D eigenvalue weighted by atomic mass is 31.2. The lowest BCUT2D eigenvalue weighted by Crippen LogP contribution is -2.30. The standard InChI is InChI=1S/C64H124O17P2/c1-7-9-11-13-15-17-19-23-29-35-41-47-62(67)75-52-59(80-63(68)48-42-36-30-24-20-21-26-32-38-44-56(3)4)54-78-82(70,71)76-50-58(65)51-77-83(72,73)79-55-60(81-64(69)49-43-37-31-25-27-33-39-45-57(5)6)53-74-61(66)46-40-34-28-22-18-16-14-12-10-8-2/h56-60,65H,7-55H2,1-6H3,(H,70,71)(H,72,73)/t58-,59-,60-/m1/s1. The molecule has 83 heavy (non-hydrogen) atoms. The average Bonchev–Trinajstić information content (AvgIpc) is 3.45. The second-order valence-electron chi connectivity index (χ2n) is 24.1. The van der Waals surface area contributed by atoms with E-state index in [1.54, 1.807) is 0 Å². The van der Waals surface area contributed by atoms with E-state index in [0.717, 1.165) is 95.8 Å². The van der Waals surface area contributed by atoms with E-state index in [9.17, 15) is 43.2 Å². The molecule has 0 fully saturated rings. The average molecular weight is 1230 g/mol. The van der Waals surface area contributed by atoms with Crippen LogP contribution in [-0.2, 0) is 65.4 Å². The minimum Gasteiger partial charge on any atom is -0.462 e. The van der Waals surface area contributed by atoms with Crippen molar-refractivity contribution in [3.8, 4) is 0 Å². The van der Waals surface area contributed by atoms with Crippen LogP contribution in [0.5, 0.6) is 0 Å². The topological polar surface area (TPSA) is 237 Å². The fourth-order valence-corrected chi connectivity index (χ4v) is 11.1. The van der Waals surface area contributed by atoms with Crippen LogP contribution in [0.2, 0.25) is 0 Å². The summed E-state index contributed by atoms with van der Waals surface area (Å²) in [5.41, 5.74) is 0. The lowest BCUT2D eigenvalue weighted by molar-refractivity contribution is -0.161. The van der Waals surface area contributed by atoms with Crippen molar-refractivity contribution in [3.63, 3.8) is 0 Å². The van der Waals surface area contributed by atoms with Crippen LogP contribution in [0.15, 0.2) is 0 Å². The summed E-state index contributed by atoms with van der Waals surface area (Å²) in [6.07, 6.45) is 38.9. The van der Waals surface area contributed by atoms with E-state index in [-0.39, 0.29) is 25.7 Å². The zero-order valence-electron chi connectivity index (χ0n) is 53.5. The molecule has 0 aliphatic rings. The maximum atomic E-state index is 13.0. The highest BCUT2D eigenvalue weighted by Crippen LogP contribution is 2.45. The Hall–Kier alpha value is -1.94. The van der Waals surface area contributed by atoms with Crippen molar-refractivity contribution in [1.82, 2.24) is 0 Å². The van der Waals surface area contributed by atoms with Crippen LogP contribution in [0.25, 0.3) is 0 Å². The molecule has 3 N–H and O–H groups in total. The molecule has 0 bridgehead atoms. The van der Waals surface area contributed by atoms with Gasteiger partial charge in [-0.3, -0.25) is 37.3 Å². The molecule has 0 heterocycles. The van der Waals surface area contributed by atoms with Gasteiger partial charge >= 0.3 is 39.5 Å². The smallest absolute Gasteiger partial charge is 0.462 e. The monoisotopic (exact) mass is 1230 g/mol. The van der Waals surface area contributed by atoms with E-state index >= 15 is 0 Å². The minimum atomic E-state index is -4.94. The van der Waals surface area contributed by atoms with Crippen molar-refractivity contribution in [1.29, 1.82) is 0 Å². The van der Waals surface area contributed by atoms with Gasteiger partial charge in [-0.2, -0.15) is 0 Å². The highest BCUT2D eigenvalue weighted by molar-refractivity contribution is 7.47. The van der Waals surface area contributed by atoms with Gasteiger partial charge in [-0.05, 0) is 37.5 Å². The first kappa shape index (κ1) is 81.1. The fraction of sp³-hybridized carbons (Fsp3) is 0.938. The number of aliphatic hydroxyl groups is 1. The SMILES string of the molecule is CCCCCCCCCCCCCC(=O)OC[C@H](COP(=O)(O)OC[C@@H](O)COP(=O)(O)OC[C@@H](COC(=O)CCCCCCCCCCCC)OC(=O)CCCCCCCCCC(C)C)OC(=O)CCCCCCCCCCCC(C)C. The number of ether oxygens (including phenoxy) is 4. The molecule has 17 nitrogen and oxygen atoms in total. The number of carbonyl (C=O) groups excluding carboxylic acids is 4. The van der Waals surface area contributed by atoms with Gasteiger partial charge in [0, 0.05) is 25.7 Å². The number of hydrogen-bond acceptors (Lipinski definition) is 15. The number of phosphoric ester groups is 2. The van der Waals surface area contributed by atoms with Crippen LogP contribution in [0.3, 0.4) is 0 Å². The molecule has 5 atom stereocenters. The predicted molar refractivity (Wildman–Crippen MR) is 331 cm³/mol. The van der Waals surface area contributed by atoms with Crippen molar-refractivity contribution in [2.45, 2.75) is 336 Å². The third-order valence-corrected chi connectivity index (χ3v) is 16.6. The molecule has 0 aromatic heterocycles. The van der Waals surface area contributed by atoms with E-state index in [1.807, 2.05) is 0 Å². The van der Waals surface area contributed by atoms with Gasteiger partial charge in [-0.15, -0.1) is 0 Å². The van der Waals surface area contributed by atoms with Crippen LogP contribution >= 0.6 is 15.6 Å². The van der Waals surface area contributed by atoms with Crippen LogP contribution in [0.4, 0.5) is 0 Å². The zero-order chi connectivity index (χ0) is 61.5. The van der Waals surface area contributed by atoms with E-state index in [2.05, 4.69) is 41.5 Å². The molecule has 0 saturated heterocycles.